The Bertz CT molecular complexity index is 1150. The fourth-order valence-corrected chi connectivity index (χ4v) is 4.64. The standard InChI is InChI=1S/C32H32O2/c1-31(2)25-9-11-26(12-10-25)32(3,4)28-15-19-30(20-16-28)34-22-24-7-5-23(6-8-24)21-33-29-17-13-27(31)14-18-29/h5-20H,21-22H2,1-4H3. The molecular weight excluding hydrogens is 416 g/mol. The van der Waals surface area contributed by atoms with Crippen molar-refractivity contribution < 1.29 is 9.47 Å². The van der Waals surface area contributed by atoms with Crippen molar-refractivity contribution in [2.75, 3.05) is 0 Å². The molecule has 172 valence electrons. The molecule has 0 saturated carbocycles. The number of hydrogen-bond acceptors (Lipinski definition) is 2. The third-order valence-electron chi connectivity index (χ3n) is 7.31. The minimum atomic E-state index is -0.104. The van der Waals surface area contributed by atoms with Crippen LogP contribution in [0.4, 0.5) is 0 Å². The summed E-state index contributed by atoms with van der Waals surface area (Å²) < 4.78 is 12.1. The van der Waals surface area contributed by atoms with Crippen molar-refractivity contribution in [3.63, 3.8) is 0 Å². The molecule has 0 unspecified atom stereocenters. The van der Waals surface area contributed by atoms with E-state index in [2.05, 4.69) is 125 Å². The Hall–Kier alpha value is -3.52. The van der Waals surface area contributed by atoms with Crippen molar-refractivity contribution in [3.05, 3.63) is 130 Å². The Balaban J connectivity index is 1.53. The molecule has 0 aliphatic carbocycles. The summed E-state index contributed by atoms with van der Waals surface area (Å²) in [7, 11) is 0. The first-order chi connectivity index (χ1) is 16.3. The molecule has 2 heteroatoms. The van der Waals surface area contributed by atoms with E-state index in [1.165, 1.54) is 22.3 Å². The molecule has 0 radical (unpaired) electrons. The lowest BCUT2D eigenvalue weighted by Crippen LogP contribution is -2.21. The van der Waals surface area contributed by atoms with Gasteiger partial charge in [0.15, 0.2) is 0 Å². The molecule has 7 heterocycles. The monoisotopic (exact) mass is 448 g/mol. The SMILES string of the molecule is CC1(C)c2ccc(cc2)OCc2ccc(cc2)COc2ccc(cc2)C(C)(C)c2ccc1cc2. The van der Waals surface area contributed by atoms with E-state index in [0.29, 0.717) is 13.2 Å². The maximum atomic E-state index is 6.05. The second-order valence-corrected chi connectivity index (χ2v) is 10.3. The van der Waals surface area contributed by atoms with Crippen molar-refractivity contribution in [2.24, 2.45) is 0 Å². The zero-order valence-electron chi connectivity index (χ0n) is 20.5. The molecule has 4 aromatic carbocycles. The molecule has 0 N–H and O–H groups in total. The first-order valence-electron chi connectivity index (χ1n) is 12.0. The second-order valence-electron chi connectivity index (χ2n) is 10.3. The highest BCUT2D eigenvalue weighted by Gasteiger charge is 2.26. The highest BCUT2D eigenvalue weighted by molar-refractivity contribution is 5.45. The lowest BCUT2D eigenvalue weighted by Gasteiger charge is -2.29. The van der Waals surface area contributed by atoms with Crippen LogP contribution in [0.2, 0.25) is 0 Å². The Labute approximate surface area is 203 Å². The molecule has 0 aromatic heterocycles. The molecule has 0 fully saturated rings. The van der Waals surface area contributed by atoms with E-state index in [-0.39, 0.29) is 10.8 Å². The predicted octanol–water partition coefficient (Wildman–Crippen LogP) is 7.81. The summed E-state index contributed by atoms with van der Waals surface area (Å²) in [5.74, 6) is 1.77. The van der Waals surface area contributed by atoms with Gasteiger partial charge in [0.05, 0.1) is 0 Å². The van der Waals surface area contributed by atoms with E-state index in [4.69, 9.17) is 9.47 Å². The Morgan fingerprint density at radius 1 is 0.412 bits per heavy atom. The zero-order valence-corrected chi connectivity index (χ0v) is 20.5. The number of rotatable bonds is 0. The molecule has 0 saturated heterocycles. The summed E-state index contributed by atoms with van der Waals surface area (Å²) in [6, 6.07) is 34.5. The van der Waals surface area contributed by atoms with Gasteiger partial charge in [0.1, 0.15) is 24.7 Å². The average Bonchev–Trinajstić information content (AvgIpc) is 2.87. The van der Waals surface area contributed by atoms with Gasteiger partial charge in [0, 0.05) is 10.8 Å². The number of ether oxygens (including phenoxy) is 2. The van der Waals surface area contributed by atoms with Crippen molar-refractivity contribution in [2.45, 2.75) is 51.7 Å². The Morgan fingerprint density at radius 2 is 0.676 bits per heavy atom. The minimum Gasteiger partial charge on any atom is -0.489 e. The molecule has 11 rings (SSSR count). The summed E-state index contributed by atoms with van der Waals surface area (Å²) >= 11 is 0. The van der Waals surface area contributed by atoms with Gasteiger partial charge in [-0.2, -0.15) is 0 Å². The molecule has 7 aliphatic rings. The lowest BCUT2D eigenvalue weighted by atomic mass is 9.74. The van der Waals surface area contributed by atoms with E-state index in [1.54, 1.807) is 0 Å². The molecule has 8 bridgehead atoms. The molecular formula is C32H32O2. The summed E-state index contributed by atoms with van der Waals surface area (Å²) in [6.45, 7) is 10.2. The van der Waals surface area contributed by atoms with Gasteiger partial charge < -0.3 is 9.47 Å². The fourth-order valence-electron chi connectivity index (χ4n) is 4.64. The van der Waals surface area contributed by atoms with Crippen molar-refractivity contribution in [1.82, 2.24) is 0 Å². The van der Waals surface area contributed by atoms with Crippen molar-refractivity contribution in [1.29, 1.82) is 0 Å². The minimum absolute atomic E-state index is 0.104. The molecule has 7 aliphatic heterocycles. The van der Waals surface area contributed by atoms with Gasteiger partial charge in [-0.1, -0.05) is 100 Å². The van der Waals surface area contributed by atoms with Crippen LogP contribution in [0, 0.1) is 0 Å². The molecule has 2 nitrogen and oxygen atoms in total. The van der Waals surface area contributed by atoms with Gasteiger partial charge >= 0.3 is 0 Å². The van der Waals surface area contributed by atoms with E-state index < -0.39 is 0 Å². The summed E-state index contributed by atoms with van der Waals surface area (Å²) in [5, 5.41) is 0. The summed E-state index contributed by atoms with van der Waals surface area (Å²) in [6.07, 6.45) is 0. The van der Waals surface area contributed by atoms with Crippen LogP contribution < -0.4 is 9.47 Å². The van der Waals surface area contributed by atoms with Gasteiger partial charge in [-0.15, -0.1) is 0 Å². The Morgan fingerprint density at radius 3 is 0.971 bits per heavy atom. The third-order valence-corrected chi connectivity index (χ3v) is 7.31. The van der Waals surface area contributed by atoms with Crippen LogP contribution in [0.5, 0.6) is 11.5 Å². The zero-order chi connectivity index (χ0) is 23.8. The first-order valence-corrected chi connectivity index (χ1v) is 12.0. The molecule has 0 amide bonds. The molecule has 4 aromatic rings. The first kappa shape index (κ1) is 22.3. The third kappa shape index (κ3) is 4.33. The summed E-state index contributed by atoms with van der Waals surface area (Å²) in [4.78, 5) is 0. The topological polar surface area (TPSA) is 18.5 Å². The van der Waals surface area contributed by atoms with E-state index in [0.717, 1.165) is 22.6 Å². The van der Waals surface area contributed by atoms with Crippen LogP contribution in [0.3, 0.4) is 0 Å². The van der Waals surface area contributed by atoms with E-state index >= 15 is 0 Å². The maximum absolute atomic E-state index is 6.05. The van der Waals surface area contributed by atoms with Crippen LogP contribution in [0.15, 0.2) is 97.1 Å². The van der Waals surface area contributed by atoms with Gasteiger partial charge in [0.2, 0.25) is 0 Å². The highest BCUT2D eigenvalue weighted by atomic mass is 16.5. The van der Waals surface area contributed by atoms with Gasteiger partial charge in [-0.25, -0.2) is 0 Å². The van der Waals surface area contributed by atoms with Gasteiger partial charge in [-0.05, 0) is 57.6 Å². The smallest absolute Gasteiger partial charge is 0.119 e. The summed E-state index contributed by atoms with van der Waals surface area (Å²) in [5.41, 5.74) is 7.21. The van der Waals surface area contributed by atoms with Crippen LogP contribution in [0.25, 0.3) is 0 Å². The van der Waals surface area contributed by atoms with Crippen LogP contribution in [-0.4, -0.2) is 0 Å². The van der Waals surface area contributed by atoms with Crippen LogP contribution >= 0.6 is 0 Å². The average molecular weight is 449 g/mol. The molecule has 0 atom stereocenters. The maximum Gasteiger partial charge on any atom is 0.119 e. The number of hydrogen-bond donors (Lipinski definition) is 0. The van der Waals surface area contributed by atoms with Crippen molar-refractivity contribution in [3.8, 4) is 11.5 Å². The Kier molecular flexibility index (Phi) is 5.69. The van der Waals surface area contributed by atoms with Crippen LogP contribution in [-0.2, 0) is 24.0 Å². The molecule has 34 heavy (non-hydrogen) atoms. The van der Waals surface area contributed by atoms with E-state index in [1.807, 2.05) is 0 Å². The number of benzene rings is 4. The van der Waals surface area contributed by atoms with Gasteiger partial charge in [0.25, 0.3) is 0 Å². The molecule has 0 spiro atoms. The lowest BCUT2D eigenvalue weighted by molar-refractivity contribution is 0.302. The predicted molar refractivity (Wildman–Crippen MR) is 139 cm³/mol. The van der Waals surface area contributed by atoms with E-state index in [9.17, 15) is 0 Å². The second kappa shape index (κ2) is 8.68. The fraction of sp³-hybridized carbons (Fsp3) is 0.250. The largest absolute Gasteiger partial charge is 0.489 e. The quantitative estimate of drug-likeness (QED) is 0.273. The normalized spacial score (nSPS) is 16.4. The highest BCUT2D eigenvalue weighted by Crippen LogP contribution is 2.36. The van der Waals surface area contributed by atoms with Crippen LogP contribution in [0.1, 0.15) is 61.1 Å². The van der Waals surface area contributed by atoms with Gasteiger partial charge in [-0.3, -0.25) is 0 Å². The van der Waals surface area contributed by atoms with Crippen molar-refractivity contribution >= 4 is 0 Å².